The van der Waals surface area contributed by atoms with E-state index in [0.717, 1.165) is 5.56 Å². The molecule has 0 saturated heterocycles. The van der Waals surface area contributed by atoms with Crippen molar-refractivity contribution in [3.8, 4) is 0 Å². The Kier molecular flexibility index (Phi) is 8.19. The van der Waals surface area contributed by atoms with Crippen LogP contribution in [0.1, 0.15) is 12.0 Å². The first kappa shape index (κ1) is 19.6. The predicted molar refractivity (Wildman–Crippen MR) is 84.7 cm³/mol. The maximum atomic E-state index is 12.1. The van der Waals surface area contributed by atoms with Crippen LogP contribution < -0.4 is 10.6 Å². The molecule has 0 saturated carbocycles. The maximum Gasteiger partial charge on any atom is 0.401 e. The monoisotopic (exact) mass is 351 g/mol. The standard InChI is InChI=1S/C15H21ClF3N3O/c1-22(11-15(17,18)19)9-3-7-20-14(23)21-8-6-12-4-2-5-13(16)10-12/h2,4-5,10H,3,6-9,11H2,1H3,(H2,20,21,23). The zero-order chi connectivity index (χ0) is 17.3. The smallest absolute Gasteiger partial charge is 0.338 e. The molecule has 1 aromatic carbocycles. The van der Waals surface area contributed by atoms with Gasteiger partial charge in [0.05, 0.1) is 6.54 Å². The quantitative estimate of drug-likeness (QED) is 0.707. The molecule has 0 bridgehead atoms. The molecule has 8 heteroatoms. The summed E-state index contributed by atoms with van der Waals surface area (Å²) in [5.74, 6) is 0. The summed E-state index contributed by atoms with van der Waals surface area (Å²) in [6.07, 6.45) is -3.09. The molecule has 0 aliphatic heterocycles. The number of hydrogen-bond acceptors (Lipinski definition) is 2. The summed E-state index contributed by atoms with van der Waals surface area (Å²) >= 11 is 5.86. The lowest BCUT2D eigenvalue weighted by Crippen LogP contribution is -2.38. The fraction of sp³-hybridized carbons (Fsp3) is 0.533. The van der Waals surface area contributed by atoms with Crippen molar-refractivity contribution in [2.45, 2.75) is 19.0 Å². The Labute approximate surface area is 139 Å². The van der Waals surface area contributed by atoms with E-state index in [4.69, 9.17) is 11.6 Å². The molecule has 0 aliphatic rings. The van der Waals surface area contributed by atoms with E-state index in [0.29, 0.717) is 31.0 Å². The molecule has 0 spiro atoms. The number of hydrogen-bond donors (Lipinski definition) is 2. The highest BCUT2D eigenvalue weighted by atomic mass is 35.5. The van der Waals surface area contributed by atoms with E-state index in [-0.39, 0.29) is 12.6 Å². The second-order valence-corrected chi connectivity index (χ2v) is 5.71. The summed E-state index contributed by atoms with van der Waals surface area (Å²) < 4.78 is 36.4. The van der Waals surface area contributed by atoms with Gasteiger partial charge in [-0.15, -0.1) is 0 Å². The summed E-state index contributed by atoms with van der Waals surface area (Å²) in [5, 5.41) is 5.95. The van der Waals surface area contributed by atoms with Crippen molar-refractivity contribution in [3.63, 3.8) is 0 Å². The molecule has 0 heterocycles. The Morgan fingerprint density at radius 1 is 1.26 bits per heavy atom. The molecular formula is C15H21ClF3N3O. The molecule has 0 radical (unpaired) electrons. The number of nitrogens with zero attached hydrogens (tertiary/aromatic N) is 1. The number of benzene rings is 1. The lowest BCUT2D eigenvalue weighted by molar-refractivity contribution is -0.143. The molecule has 0 aromatic heterocycles. The molecule has 1 aromatic rings. The van der Waals surface area contributed by atoms with Gasteiger partial charge in [-0.1, -0.05) is 23.7 Å². The van der Waals surface area contributed by atoms with Gasteiger partial charge in [0, 0.05) is 18.1 Å². The average molecular weight is 352 g/mol. The minimum Gasteiger partial charge on any atom is -0.338 e. The SMILES string of the molecule is CN(CCCNC(=O)NCCc1cccc(Cl)c1)CC(F)(F)F. The molecule has 4 nitrogen and oxygen atoms in total. The van der Waals surface area contributed by atoms with Crippen molar-refractivity contribution in [3.05, 3.63) is 34.9 Å². The fourth-order valence-electron chi connectivity index (χ4n) is 2.01. The van der Waals surface area contributed by atoms with Crippen molar-refractivity contribution in [1.29, 1.82) is 0 Å². The van der Waals surface area contributed by atoms with Gasteiger partial charge < -0.3 is 10.6 Å². The van der Waals surface area contributed by atoms with Gasteiger partial charge in [-0.3, -0.25) is 4.90 Å². The minimum atomic E-state index is -4.19. The minimum absolute atomic E-state index is 0.266. The third-order valence-corrected chi connectivity index (χ3v) is 3.27. The van der Waals surface area contributed by atoms with Gasteiger partial charge in [-0.25, -0.2) is 4.79 Å². The van der Waals surface area contributed by atoms with Crippen molar-refractivity contribution in [2.24, 2.45) is 0 Å². The van der Waals surface area contributed by atoms with Gasteiger partial charge in [0.1, 0.15) is 0 Å². The topological polar surface area (TPSA) is 44.4 Å². The maximum absolute atomic E-state index is 12.1. The number of nitrogens with one attached hydrogen (secondary N) is 2. The summed E-state index contributed by atoms with van der Waals surface area (Å²) in [7, 11) is 1.40. The van der Waals surface area contributed by atoms with Crippen LogP contribution in [0.4, 0.5) is 18.0 Å². The number of rotatable bonds is 8. The summed E-state index contributed by atoms with van der Waals surface area (Å²) in [4.78, 5) is 12.7. The van der Waals surface area contributed by atoms with E-state index in [1.165, 1.54) is 11.9 Å². The van der Waals surface area contributed by atoms with Crippen LogP contribution in [0.2, 0.25) is 5.02 Å². The highest BCUT2D eigenvalue weighted by Crippen LogP contribution is 2.15. The van der Waals surface area contributed by atoms with Crippen LogP contribution in [0, 0.1) is 0 Å². The molecule has 0 aliphatic carbocycles. The van der Waals surface area contributed by atoms with E-state index in [9.17, 15) is 18.0 Å². The Balaban J connectivity index is 2.08. The van der Waals surface area contributed by atoms with E-state index in [1.54, 1.807) is 6.07 Å². The second-order valence-electron chi connectivity index (χ2n) is 5.27. The number of urea groups is 1. The first-order valence-electron chi connectivity index (χ1n) is 7.28. The van der Waals surface area contributed by atoms with Gasteiger partial charge in [-0.05, 0) is 44.1 Å². The number of alkyl halides is 3. The van der Waals surface area contributed by atoms with Crippen LogP contribution in [-0.4, -0.2) is 50.3 Å². The molecule has 1 rings (SSSR count). The molecular weight excluding hydrogens is 331 g/mol. The molecule has 0 atom stereocenters. The van der Waals surface area contributed by atoms with Crippen LogP contribution in [0.15, 0.2) is 24.3 Å². The Morgan fingerprint density at radius 3 is 2.61 bits per heavy atom. The summed E-state index contributed by atoms with van der Waals surface area (Å²) in [5.41, 5.74) is 1.02. The van der Waals surface area contributed by atoms with Gasteiger partial charge in [0.2, 0.25) is 0 Å². The second kappa shape index (κ2) is 9.62. The molecule has 23 heavy (non-hydrogen) atoms. The van der Waals surface area contributed by atoms with E-state index < -0.39 is 12.7 Å². The Hall–Kier alpha value is -1.47. The zero-order valence-electron chi connectivity index (χ0n) is 12.9. The summed E-state index contributed by atoms with van der Waals surface area (Å²) in [6.45, 7) is 0.104. The zero-order valence-corrected chi connectivity index (χ0v) is 13.7. The Morgan fingerprint density at radius 2 is 1.96 bits per heavy atom. The third kappa shape index (κ3) is 10.0. The number of amides is 2. The number of halogens is 4. The number of carbonyl (C=O) groups is 1. The van der Waals surface area contributed by atoms with Crippen LogP contribution in [-0.2, 0) is 6.42 Å². The van der Waals surface area contributed by atoms with Gasteiger partial charge in [0.15, 0.2) is 0 Å². The van der Waals surface area contributed by atoms with E-state index >= 15 is 0 Å². The lowest BCUT2D eigenvalue weighted by atomic mass is 10.1. The molecule has 0 fully saturated rings. The van der Waals surface area contributed by atoms with Crippen LogP contribution in [0.5, 0.6) is 0 Å². The fourth-order valence-corrected chi connectivity index (χ4v) is 2.22. The average Bonchev–Trinajstić information content (AvgIpc) is 2.42. The molecule has 2 amide bonds. The van der Waals surface area contributed by atoms with E-state index in [2.05, 4.69) is 10.6 Å². The third-order valence-electron chi connectivity index (χ3n) is 3.04. The van der Waals surface area contributed by atoms with Gasteiger partial charge in [-0.2, -0.15) is 13.2 Å². The lowest BCUT2D eigenvalue weighted by Gasteiger charge is -2.18. The van der Waals surface area contributed by atoms with Crippen molar-refractivity contribution in [2.75, 3.05) is 33.2 Å². The molecule has 130 valence electrons. The first-order valence-corrected chi connectivity index (χ1v) is 7.65. The van der Waals surface area contributed by atoms with Crippen LogP contribution >= 0.6 is 11.6 Å². The largest absolute Gasteiger partial charge is 0.401 e. The van der Waals surface area contributed by atoms with Crippen molar-refractivity contribution < 1.29 is 18.0 Å². The number of carbonyl (C=O) groups excluding carboxylic acids is 1. The van der Waals surface area contributed by atoms with Crippen molar-refractivity contribution >= 4 is 17.6 Å². The highest BCUT2D eigenvalue weighted by Gasteiger charge is 2.28. The predicted octanol–water partition coefficient (Wildman–Crippen LogP) is 3.07. The van der Waals surface area contributed by atoms with Crippen LogP contribution in [0.3, 0.4) is 0 Å². The molecule has 2 N–H and O–H groups in total. The van der Waals surface area contributed by atoms with E-state index in [1.807, 2.05) is 18.2 Å². The summed E-state index contributed by atoms with van der Waals surface area (Å²) in [6, 6.07) is 7.04. The first-order chi connectivity index (χ1) is 10.8. The van der Waals surface area contributed by atoms with Gasteiger partial charge in [0.25, 0.3) is 0 Å². The molecule has 0 unspecified atom stereocenters. The highest BCUT2D eigenvalue weighted by molar-refractivity contribution is 6.30. The Bertz CT molecular complexity index is 497. The van der Waals surface area contributed by atoms with Gasteiger partial charge >= 0.3 is 12.2 Å². The van der Waals surface area contributed by atoms with Crippen molar-refractivity contribution in [1.82, 2.24) is 15.5 Å². The normalized spacial score (nSPS) is 11.6. The van der Waals surface area contributed by atoms with Crippen LogP contribution in [0.25, 0.3) is 0 Å².